The molecular formula is C11H15ClN2. The van der Waals surface area contributed by atoms with Crippen molar-refractivity contribution >= 4 is 17.4 Å². The molecule has 1 aliphatic rings. The van der Waals surface area contributed by atoms with E-state index in [1.807, 2.05) is 18.2 Å². The van der Waals surface area contributed by atoms with Gasteiger partial charge in [0.25, 0.3) is 0 Å². The molecule has 0 N–H and O–H groups in total. The summed E-state index contributed by atoms with van der Waals surface area (Å²) in [7, 11) is 0. The summed E-state index contributed by atoms with van der Waals surface area (Å²) in [6.45, 7) is 3.36. The molecule has 1 aromatic rings. The summed E-state index contributed by atoms with van der Waals surface area (Å²) < 4.78 is 0. The summed E-state index contributed by atoms with van der Waals surface area (Å²) in [6.07, 6.45) is 3.85. The summed E-state index contributed by atoms with van der Waals surface area (Å²) in [5.74, 6) is 1.02. The molecule has 1 atom stereocenters. The zero-order valence-electron chi connectivity index (χ0n) is 8.41. The quantitative estimate of drug-likeness (QED) is 0.663. The largest absolute Gasteiger partial charge is 0.354 e. The van der Waals surface area contributed by atoms with Crippen molar-refractivity contribution in [3.63, 3.8) is 0 Å². The Kier molecular flexibility index (Phi) is 2.92. The van der Waals surface area contributed by atoms with Crippen LogP contribution >= 0.6 is 11.6 Å². The molecule has 0 radical (unpaired) electrons. The molecule has 0 aliphatic carbocycles. The maximum absolute atomic E-state index is 5.87. The summed E-state index contributed by atoms with van der Waals surface area (Å²) in [4.78, 5) is 6.68. The molecule has 0 aromatic carbocycles. The van der Waals surface area contributed by atoms with E-state index >= 15 is 0 Å². The third-order valence-electron chi connectivity index (χ3n) is 2.80. The fourth-order valence-corrected chi connectivity index (χ4v) is 2.16. The Morgan fingerprint density at radius 3 is 3.00 bits per heavy atom. The minimum Gasteiger partial charge on any atom is -0.354 e. The molecule has 3 heteroatoms. The lowest BCUT2D eigenvalue weighted by atomic mass is 10.0. The van der Waals surface area contributed by atoms with Gasteiger partial charge in [0.05, 0.1) is 0 Å². The van der Waals surface area contributed by atoms with Gasteiger partial charge in [0.1, 0.15) is 11.0 Å². The first-order valence-corrected chi connectivity index (χ1v) is 5.54. The van der Waals surface area contributed by atoms with Crippen molar-refractivity contribution in [2.45, 2.75) is 32.2 Å². The fraction of sp³-hybridized carbons (Fsp3) is 0.545. The molecule has 1 saturated heterocycles. The predicted octanol–water partition coefficient (Wildman–Crippen LogP) is 3.11. The standard InChI is InChI=1S/C11H15ClN2/c1-9-5-2-3-8-14(9)11-7-4-6-10(12)13-11/h4,6-7,9H,2-3,5,8H2,1H3. The van der Waals surface area contributed by atoms with E-state index in [9.17, 15) is 0 Å². The van der Waals surface area contributed by atoms with E-state index in [0.717, 1.165) is 12.4 Å². The molecule has 1 fully saturated rings. The average Bonchev–Trinajstić information content (AvgIpc) is 2.18. The van der Waals surface area contributed by atoms with E-state index < -0.39 is 0 Å². The minimum absolute atomic E-state index is 0.584. The second-order valence-electron chi connectivity index (χ2n) is 3.86. The van der Waals surface area contributed by atoms with Crippen LogP contribution < -0.4 is 4.90 Å². The molecule has 0 spiro atoms. The molecule has 14 heavy (non-hydrogen) atoms. The highest BCUT2D eigenvalue weighted by Crippen LogP contribution is 2.23. The van der Waals surface area contributed by atoms with Gasteiger partial charge in [-0.1, -0.05) is 17.7 Å². The van der Waals surface area contributed by atoms with Crippen LogP contribution in [-0.2, 0) is 0 Å². The van der Waals surface area contributed by atoms with Crippen LogP contribution in [-0.4, -0.2) is 17.6 Å². The lowest BCUT2D eigenvalue weighted by molar-refractivity contribution is 0.481. The van der Waals surface area contributed by atoms with Crippen molar-refractivity contribution in [2.75, 3.05) is 11.4 Å². The Morgan fingerprint density at radius 1 is 1.43 bits per heavy atom. The zero-order chi connectivity index (χ0) is 9.97. The number of piperidine rings is 1. The molecule has 2 nitrogen and oxygen atoms in total. The average molecular weight is 211 g/mol. The van der Waals surface area contributed by atoms with Crippen LogP contribution in [0.4, 0.5) is 5.82 Å². The van der Waals surface area contributed by atoms with Gasteiger partial charge < -0.3 is 4.90 Å². The molecule has 0 bridgehead atoms. The molecule has 76 valence electrons. The van der Waals surface area contributed by atoms with Crippen molar-refractivity contribution in [2.24, 2.45) is 0 Å². The minimum atomic E-state index is 0.584. The maximum atomic E-state index is 5.87. The van der Waals surface area contributed by atoms with Gasteiger partial charge >= 0.3 is 0 Å². The van der Waals surface area contributed by atoms with Gasteiger partial charge in [0, 0.05) is 12.6 Å². The van der Waals surface area contributed by atoms with Crippen molar-refractivity contribution < 1.29 is 0 Å². The summed E-state index contributed by atoms with van der Waals surface area (Å²) in [5, 5.41) is 0.584. The molecule has 1 aromatic heterocycles. The summed E-state index contributed by atoms with van der Waals surface area (Å²) in [6, 6.07) is 6.41. The summed E-state index contributed by atoms with van der Waals surface area (Å²) >= 11 is 5.87. The van der Waals surface area contributed by atoms with Crippen LogP contribution in [0.25, 0.3) is 0 Å². The lowest BCUT2D eigenvalue weighted by Gasteiger charge is -2.34. The number of pyridine rings is 1. The smallest absolute Gasteiger partial charge is 0.131 e. The van der Waals surface area contributed by atoms with Crippen molar-refractivity contribution in [1.82, 2.24) is 4.98 Å². The first-order chi connectivity index (χ1) is 6.77. The van der Waals surface area contributed by atoms with Crippen LogP contribution in [0.5, 0.6) is 0 Å². The molecule has 0 saturated carbocycles. The number of hydrogen-bond donors (Lipinski definition) is 0. The number of rotatable bonds is 1. The van der Waals surface area contributed by atoms with Gasteiger partial charge in [-0.25, -0.2) is 4.98 Å². The lowest BCUT2D eigenvalue weighted by Crippen LogP contribution is -2.37. The van der Waals surface area contributed by atoms with E-state index in [2.05, 4.69) is 16.8 Å². The molecule has 1 unspecified atom stereocenters. The Bertz CT molecular complexity index is 314. The summed E-state index contributed by atoms with van der Waals surface area (Å²) in [5.41, 5.74) is 0. The first-order valence-electron chi connectivity index (χ1n) is 5.16. The number of nitrogens with zero attached hydrogens (tertiary/aromatic N) is 2. The van der Waals surface area contributed by atoms with E-state index in [4.69, 9.17) is 11.6 Å². The van der Waals surface area contributed by atoms with E-state index in [1.165, 1.54) is 19.3 Å². The van der Waals surface area contributed by atoms with Crippen molar-refractivity contribution in [1.29, 1.82) is 0 Å². The number of aromatic nitrogens is 1. The second-order valence-corrected chi connectivity index (χ2v) is 4.24. The number of hydrogen-bond acceptors (Lipinski definition) is 2. The Labute approximate surface area is 89.9 Å². The van der Waals surface area contributed by atoms with Gasteiger partial charge in [-0.05, 0) is 38.3 Å². The van der Waals surface area contributed by atoms with Gasteiger partial charge in [-0.15, -0.1) is 0 Å². The van der Waals surface area contributed by atoms with Crippen LogP contribution in [0, 0.1) is 0 Å². The maximum Gasteiger partial charge on any atom is 0.131 e. The Hall–Kier alpha value is -0.760. The zero-order valence-corrected chi connectivity index (χ0v) is 9.17. The predicted molar refractivity (Wildman–Crippen MR) is 59.9 cm³/mol. The van der Waals surface area contributed by atoms with Crippen LogP contribution in [0.2, 0.25) is 5.15 Å². The van der Waals surface area contributed by atoms with E-state index in [-0.39, 0.29) is 0 Å². The Balaban J connectivity index is 2.20. The van der Waals surface area contributed by atoms with Crippen molar-refractivity contribution in [3.8, 4) is 0 Å². The Morgan fingerprint density at radius 2 is 2.29 bits per heavy atom. The highest BCUT2D eigenvalue weighted by molar-refractivity contribution is 6.29. The molecule has 0 amide bonds. The third kappa shape index (κ3) is 2.01. The van der Waals surface area contributed by atoms with Gasteiger partial charge in [-0.3, -0.25) is 0 Å². The van der Waals surface area contributed by atoms with Crippen LogP contribution in [0.3, 0.4) is 0 Å². The molecule has 1 aliphatic heterocycles. The molecular weight excluding hydrogens is 196 g/mol. The second kappa shape index (κ2) is 4.18. The van der Waals surface area contributed by atoms with E-state index in [0.29, 0.717) is 11.2 Å². The highest BCUT2D eigenvalue weighted by atomic mass is 35.5. The first kappa shape index (κ1) is 9.78. The van der Waals surface area contributed by atoms with Crippen LogP contribution in [0.15, 0.2) is 18.2 Å². The van der Waals surface area contributed by atoms with Gasteiger partial charge in [-0.2, -0.15) is 0 Å². The number of halogens is 1. The fourth-order valence-electron chi connectivity index (χ4n) is 2.00. The third-order valence-corrected chi connectivity index (χ3v) is 3.01. The van der Waals surface area contributed by atoms with Crippen molar-refractivity contribution in [3.05, 3.63) is 23.4 Å². The topological polar surface area (TPSA) is 16.1 Å². The SMILES string of the molecule is CC1CCCCN1c1cccc(Cl)n1. The number of anilines is 1. The molecule has 2 heterocycles. The van der Waals surface area contributed by atoms with E-state index in [1.54, 1.807) is 0 Å². The van der Waals surface area contributed by atoms with Crippen LogP contribution in [0.1, 0.15) is 26.2 Å². The normalized spacial score (nSPS) is 22.4. The highest BCUT2D eigenvalue weighted by Gasteiger charge is 2.19. The monoisotopic (exact) mass is 210 g/mol. The van der Waals surface area contributed by atoms with Gasteiger partial charge in [0.2, 0.25) is 0 Å². The molecule has 2 rings (SSSR count). The van der Waals surface area contributed by atoms with Gasteiger partial charge in [0.15, 0.2) is 0 Å².